The van der Waals surface area contributed by atoms with Crippen LogP contribution in [0.2, 0.25) is 5.02 Å². The molecule has 2 rings (SSSR count). The lowest BCUT2D eigenvalue weighted by Crippen LogP contribution is -1.76. The molecule has 0 aliphatic heterocycles. The van der Waals surface area contributed by atoms with Crippen molar-refractivity contribution in [2.75, 3.05) is 0 Å². The van der Waals surface area contributed by atoms with E-state index < -0.39 is 0 Å². The number of benzene rings is 1. The highest BCUT2D eigenvalue weighted by atomic mass is 35.5. The number of hydrogen-bond donors (Lipinski definition) is 0. The summed E-state index contributed by atoms with van der Waals surface area (Å²) >= 11 is 5.93. The van der Waals surface area contributed by atoms with Crippen LogP contribution in [0.5, 0.6) is 0 Å². The SMILES string of the molecule is Clc1ccccc1-c1ccon1. The molecule has 1 heterocycles. The Labute approximate surface area is 74.8 Å². The van der Waals surface area contributed by atoms with E-state index >= 15 is 0 Å². The largest absolute Gasteiger partial charge is 0.364 e. The van der Waals surface area contributed by atoms with Gasteiger partial charge < -0.3 is 4.52 Å². The number of nitrogens with zero attached hydrogens (tertiary/aromatic N) is 1. The molecule has 0 fully saturated rings. The molecule has 0 aliphatic carbocycles. The zero-order valence-corrected chi connectivity index (χ0v) is 6.95. The molecule has 0 bridgehead atoms. The van der Waals surface area contributed by atoms with Gasteiger partial charge in [-0.25, -0.2) is 0 Å². The van der Waals surface area contributed by atoms with Crippen molar-refractivity contribution in [1.82, 2.24) is 5.16 Å². The van der Waals surface area contributed by atoms with Crippen LogP contribution in [0.25, 0.3) is 11.3 Å². The average Bonchev–Trinajstić information content (AvgIpc) is 2.57. The van der Waals surface area contributed by atoms with E-state index in [2.05, 4.69) is 5.16 Å². The molecule has 1 aromatic carbocycles. The van der Waals surface area contributed by atoms with Crippen LogP contribution in [0.3, 0.4) is 0 Å². The zero-order chi connectivity index (χ0) is 8.39. The van der Waals surface area contributed by atoms with Crippen LogP contribution in [-0.2, 0) is 0 Å². The van der Waals surface area contributed by atoms with Gasteiger partial charge in [0.25, 0.3) is 0 Å². The summed E-state index contributed by atoms with van der Waals surface area (Å²) in [5.41, 5.74) is 1.66. The van der Waals surface area contributed by atoms with Crippen molar-refractivity contribution in [3.8, 4) is 11.3 Å². The van der Waals surface area contributed by atoms with Crippen LogP contribution in [0.1, 0.15) is 0 Å². The maximum atomic E-state index is 5.93. The molecule has 60 valence electrons. The number of halogens is 1. The van der Waals surface area contributed by atoms with Crippen LogP contribution in [-0.4, -0.2) is 5.16 Å². The Kier molecular flexibility index (Phi) is 1.84. The molecule has 0 saturated carbocycles. The van der Waals surface area contributed by atoms with E-state index in [1.54, 1.807) is 6.07 Å². The first-order valence-corrected chi connectivity index (χ1v) is 3.91. The summed E-state index contributed by atoms with van der Waals surface area (Å²) in [6.45, 7) is 0. The molecule has 0 saturated heterocycles. The molecule has 0 aliphatic rings. The minimum absolute atomic E-state index is 0.686. The predicted octanol–water partition coefficient (Wildman–Crippen LogP) is 3.00. The van der Waals surface area contributed by atoms with Crippen LogP contribution in [0.15, 0.2) is 41.1 Å². The lowest BCUT2D eigenvalue weighted by atomic mass is 10.2. The van der Waals surface area contributed by atoms with Crippen molar-refractivity contribution >= 4 is 11.6 Å². The molecule has 0 unspecified atom stereocenters. The molecule has 3 heteroatoms. The molecule has 0 amide bonds. The van der Waals surface area contributed by atoms with Crippen molar-refractivity contribution in [2.45, 2.75) is 0 Å². The Hall–Kier alpha value is -1.28. The molecule has 1 aromatic heterocycles. The summed E-state index contributed by atoms with van der Waals surface area (Å²) in [5.74, 6) is 0. The van der Waals surface area contributed by atoms with Gasteiger partial charge in [-0.1, -0.05) is 35.0 Å². The van der Waals surface area contributed by atoms with Crippen molar-refractivity contribution in [1.29, 1.82) is 0 Å². The fraction of sp³-hybridized carbons (Fsp3) is 0. The molecule has 0 radical (unpaired) electrons. The zero-order valence-electron chi connectivity index (χ0n) is 6.20. The third kappa shape index (κ3) is 1.21. The quantitative estimate of drug-likeness (QED) is 0.673. The second kappa shape index (κ2) is 2.99. The summed E-state index contributed by atoms with van der Waals surface area (Å²) in [7, 11) is 0. The third-order valence-corrected chi connectivity index (χ3v) is 1.92. The Balaban J connectivity index is 2.55. The van der Waals surface area contributed by atoms with Crippen molar-refractivity contribution in [2.24, 2.45) is 0 Å². The van der Waals surface area contributed by atoms with Gasteiger partial charge in [0, 0.05) is 11.6 Å². The smallest absolute Gasteiger partial charge is 0.124 e. The number of aromatic nitrogens is 1. The van der Waals surface area contributed by atoms with Gasteiger partial charge in [-0.15, -0.1) is 0 Å². The highest BCUT2D eigenvalue weighted by molar-refractivity contribution is 6.33. The van der Waals surface area contributed by atoms with E-state index in [0.29, 0.717) is 5.02 Å². The van der Waals surface area contributed by atoms with Crippen LogP contribution in [0, 0.1) is 0 Å². The van der Waals surface area contributed by atoms with E-state index in [4.69, 9.17) is 16.1 Å². The number of rotatable bonds is 1. The van der Waals surface area contributed by atoms with Crippen molar-refractivity contribution < 1.29 is 4.52 Å². The van der Waals surface area contributed by atoms with Crippen LogP contribution in [0.4, 0.5) is 0 Å². The predicted molar refractivity (Wildman–Crippen MR) is 46.9 cm³/mol. The summed E-state index contributed by atoms with van der Waals surface area (Å²) in [6.07, 6.45) is 1.53. The maximum Gasteiger partial charge on any atom is 0.124 e. The standard InChI is InChI=1S/C9H6ClNO/c10-8-4-2-1-3-7(8)9-5-6-12-11-9/h1-6H. The molecular weight excluding hydrogens is 174 g/mol. The minimum atomic E-state index is 0.686. The van der Waals surface area contributed by atoms with Gasteiger partial charge in [0.15, 0.2) is 0 Å². The van der Waals surface area contributed by atoms with Gasteiger partial charge in [-0.05, 0) is 6.07 Å². The Morgan fingerprint density at radius 3 is 2.67 bits per heavy atom. The molecule has 2 aromatic rings. The molecule has 12 heavy (non-hydrogen) atoms. The molecule has 0 N–H and O–H groups in total. The van der Waals surface area contributed by atoms with E-state index in [9.17, 15) is 0 Å². The van der Waals surface area contributed by atoms with E-state index in [1.807, 2.05) is 24.3 Å². The van der Waals surface area contributed by atoms with Gasteiger partial charge in [-0.2, -0.15) is 0 Å². The Morgan fingerprint density at radius 2 is 2.00 bits per heavy atom. The van der Waals surface area contributed by atoms with Crippen molar-refractivity contribution in [3.63, 3.8) is 0 Å². The van der Waals surface area contributed by atoms with Gasteiger partial charge in [0.2, 0.25) is 0 Å². The first kappa shape index (κ1) is 7.37. The minimum Gasteiger partial charge on any atom is -0.364 e. The molecule has 0 spiro atoms. The van der Waals surface area contributed by atoms with Crippen molar-refractivity contribution in [3.05, 3.63) is 41.6 Å². The van der Waals surface area contributed by atoms with Crippen LogP contribution >= 0.6 is 11.6 Å². The lowest BCUT2D eigenvalue weighted by Gasteiger charge is -1.96. The third-order valence-electron chi connectivity index (χ3n) is 1.59. The first-order valence-electron chi connectivity index (χ1n) is 3.53. The topological polar surface area (TPSA) is 26.0 Å². The number of hydrogen-bond acceptors (Lipinski definition) is 2. The summed E-state index contributed by atoms with van der Waals surface area (Å²) < 4.78 is 4.72. The van der Waals surface area contributed by atoms with Gasteiger partial charge in [-0.3, -0.25) is 0 Å². The van der Waals surface area contributed by atoms with Crippen LogP contribution < -0.4 is 0 Å². The van der Waals surface area contributed by atoms with E-state index in [-0.39, 0.29) is 0 Å². The highest BCUT2D eigenvalue weighted by Crippen LogP contribution is 2.25. The fourth-order valence-corrected chi connectivity index (χ4v) is 1.25. The second-order valence-electron chi connectivity index (χ2n) is 2.36. The average molecular weight is 180 g/mol. The van der Waals surface area contributed by atoms with Gasteiger partial charge >= 0.3 is 0 Å². The van der Waals surface area contributed by atoms with E-state index in [0.717, 1.165) is 11.3 Å². The summed E-state index contributed by atoms with van der Waals surface area (Å²) in [6, 6.07) is 9.30. The maximum absolute atomic E-state index is 5.93. The fourth-order valence-electron chi connectivity index (χ4n) is 1.02. The first-order chi connectivity index (χ1) is 5.88. The molecular formula is C9H6ClNO. The monoisotopic (exact) mass is 179 g/mol. The lowest BCUT2D eigenvalue weighted by molar-refractivity contribution is 0.422. The summed E-state index contributed by atoms with van der Waals surface area (Å²) in [5, 5.41) is 4.47. The van der Waals surface area contributed by atoms with E-state index in [1.165, 1.54) is 6.26 Å². The molecule has 2 nitrogen and oxygen atoms in total. The summed E-state index contributed by atoms with van der Waals surface area (Å²) in [4.78, 5) is 0. The normalized spacial score (nSPS) is 10.1. The molecule has 0 atom stereocenters. The Morgan fingerprint density at radius 1 is 1.17 bits per heavy atom. The second-order valence-corrected chi connectivity index (χ2v) is 2.77. The van der Waals surface area contributed by atoms with Gasteiger partial charge in [0.05, 0.1) is 5.02 Å². The highest BCUT2D eigenvalue weighted by Gasteiger charge is 2.03. The van der Waals surface area contributed by atoms with Gasteiger partial charge in [0.1, 0.15) is 12.0 Å². The Bertz CT molecular complexity index is 370.